The van der Waals surface area contributed by atoms with Gasteiger partial charge in [0, 0.05) is 24.3 Å². The lowest BCUT2D eigenvalue weighted by molar-refractivity contribution is -0.385. The molecule has 1 atom stereocenters. The Labute approximate surface area is 105 Å². The molecule has 0 aromatic heterocycles. The molecule has 2 rings (SSSR count). The summed E-state index contributed by atoms with van der Waals surface area (Å²) >= 11 is 0. The van der Waals surface area contributed by atoms with Crippen molar-refractivity contribution in [2.45, 2.75) is 25.3 Å². The van der Waals surface area contributed by atoms with E-state index in [1.807, 2.05) is 0 Å². The second-order valence-corrected chi connectivity index (χ2v) is 4.48. The molecule has 1 aliphatic heterocycles. The third-order valence-corrected chi connectivity index (χ3v) is 3.06. The summed E-state index contributed by atoms with van der Waals surface area (Å²) in [6.07, 6.45) is 3.44. The molecular formula is C12H16FN3O2. The van der Waals surface area contributed by atoms with Crippen LogP contribution in [0, 0.1) is 15.9 Å². The van der Waals surface area contributed by atoms with E-state index in [1.54, 1.807) is 0 Å². The first-order chi connectivity index (χ1) is 8.65. The minimum absolute atomic E-state index is 0.228. The van der Waals surface area contributed by atoms with Gasteiger partial charge in [-0.3, -0.25) is 10.1 Å². The van der Waals surface area contributed by atoms with E-state index >= 15 is 0 Å². The second-order valence-electron chi connectivity index (χ2n) is 4.48. The van der Waals surface area contributed by atoms with E-state index < -0.39 is 10.7 Å². The molecule has 2 N–H and O–H groups in total. The van der Waals surface area contributed by atoms with Crippen LogP contribution < -0.4 is 10.6 Å². The zero-order valence-electron chi connectivity index (χ0n) is 9.99. The number of non-ortho nitro benzene ring substituents is 1. The number of anilines is 1. The van der Waals surface area contributed by atoms with Crippen LogP contribution in [-0.2, 0) is 0 Å². The van der Waals surface area contributed by atoms with Crippen LogP contribution in [0.15, 0.2) is 18.2 Å². The molecule has 0 saturated carbocycles. The van der Waals surface area contributed by atoms with Crippen LogP contribution >= 0.6 is 0 Å². The molecule has 0 bridgehead atoms. The highest BCUT2D eigenvalue weighted by Gasteiger charge is 2.13. The molecule has 1 unspecified atom stereocenters. The van der Waals surface area contributed by atoms with Crippen LogP contribution in [0.4, 0.5) is 15.8 Å². The van der Waals surface area contributed by atoms with E-state index in [0.29, 0.717) is 18.3 Å². The van der Waals surface area contributed by atoms with Crippen molar-refractivity contribution in [3.05, 3.63) is 34.1 Å². The summed E-state index contributed by atoms with van der Waals surface area (Å²) in [7, 11) is 0. The Bertz CT molecular complexity index is 433. The molecule has 1 heterocycles. The van der Waals surface area contributed by atoms with Gasteiger partial charge in [-0.25, -0.2) is 4.39 Å². The van der Waals surface area contributed by atoms with Crippen LogP contribution in [0.1, 0.15) is 19.3 Å². The average Bonchev–Trinajstić information content (AvgIpc) is 2.37. The normalized spacial score (nSPS) is 19.5. The van der Waals surface area contributed by atoms with Gasteiger partial charge in [-0.1, -0.05) is 6.42 Å². The molecule has 0 spiro atoms. The number of halogens is 1. The first-order valence-corrected chi connectivity index (χ1v) is 6.07. The van der Waals surface area contributed by atoms with Gasteiger partial charge >= 0.3 is 0 Å². The highest BCUT2D eigenvalue weighted by Crippen LogP contribution is 2.20. The topological polar surface area (TPSA) is 67.2 Å². The Kier molecular flexibility index (Phi) is 4.09. The van der Waals surface area contributed by atoms with Gasteiger partial charge in [0.2, 0.25) is 0 Å². The van der Waals surface area contributed by atoms with Crippen LogP contribution in [0.25, 0.3) is 0 Å². The number of hydrogen-bond acceptors (Lipinski definition) is 4. The van der Waals surface area contributed by atoms with Gasteiger partial charge in [0.1, 0.15) is 5.82 Å². The third kappa shape index (κ3) is 3.40. The first-order valence-electron chi connectivity index (χ1n) is 6.07. The van der Waals surface area contributed by atoms with Crippen molar-refractivity contribution in [3.63, 3.8) is 0 Å². The molecule has 1 fully saturated rings. The predicted octanol–water partition coefficient (Wildman–Crippen LogP) is 2.29. The smallest absolute Gasteiger partial charge is 0.274 e. The molecule has 98 valence electrons. The van der Waals surface area contributed by atoms with E-state index in [1.165, 1.54) is 25.0 Å². The van der Waals surface area contributed by atoms with Crippen molar-refractivity contribution < 1.29 is 9.31 Å². The van der Waals surface area contributed by atoms with E-state index in [2.05, 4.69) is 10.6 Å². The summed E-state index contributed by atoms with van der Waals surface area (Å²) in [5, 5.41) is 17.0. The van der Waals surface area contributed by atoms with Crippen LogP contribution in [0.3, 0.4) is 0 Å². The Morgan fingerprint density at radius 2 is 2.28 bits per heavy atom. The van der Waals surface area contributed by atoms with Gasteiger partial charge in [-0.05, 0) is 25.5 Å². The summed E-state index contributed by atoms with van der Waals surface area (Å²) in [6.45, 7) is 1.65. The molecule has 6 heteroatoms. The average molecular weight is 253 g/mol. The van der Waals surface area contributed by atoms with Crippen molar-refractivity contribution in [1.29, 1.82) is 0 Å². The van der Waals surface area contributed by atoms with Crippen LogP contribution in [0.5, 0.6) is 0 Å². The fourth-order valence-corrected chi connectivity index (χ4v) is 2.12. The molecule has 1 aromatic carbocycles. The standard InChI is InChI=1S/C12H16FN3O2/c13-9-5-11(7-12(6-9)16(17)18)15-8-10-3-1-2-4-14-10/h5-7,10,14-15H,1-4,8H2. The summed E-state index contributed by atoms with van der Waals surface area (Å²) in [6, 6.07) is 3.90. The number of piperidine rings is 1. The van der Waals surface area contributed by atoms with E-state index in [-0.39, 0.29) is 5.69 Å². The van der Waals surface area contributed by atoms with Crippen molar-refractivity contribution in [2.24, 2.45) is 0 Å². The Morgan fingerprint density at radius 1 is 1.44 bits per heavy atom. The highest BCUT2D eigenvalue weighted by atomic mass is 19.1. The third-order valence-electron chi connectivity index (χ3n) is 3.06. The maximum absolute atomic E-state index is 13.2. The monoisotopic (exact) mass is 253 g/mol. The molecule has 0 aliphatic carbocycles. The van der Waals surface area contributed by atoms with Crippen molar-refractivity contribution in [1.82, 2.24) is 5.32 Å². The Morgan fingerprint density at radius 3 is 2.94 bits per heavy atom. The second kappa shape index (κ2) is 5.77. The minimum Gasteiger partial charge on any atom is -0.383 e. The SMILES string of the molecule is O=[N+]([O-])c1cc(F)cc(NCC2CCCCN2)c1. The molecule has 1 saturated heterocycles. The lowest BCUT2D eigenvalue weighted by Crippen LogP contribution is -2.39. The fraction of sp³-hybridized carbons (Fsp3) is 0.500. The van der Waals surface area contributed by atoms with Gasteiger partial charge in [-0.15, -0.1) is 0 Å². The Hall–Kier alpha value is -1.69. The first kappa shape index (κ1) is 12.8. The number of rotatable bonds is 4. The van der Waals surface area contributed by atoms with Crippen LogP contribution in [-0.4, -0.2) is 24.1 Å². The number of nitro benzene ring substituents is 1. The number of nitrogens with one attached hydrogen (secondary N) is 2. The molecule has 18 heavy (non-hydrogen) atoms. The Balaban J connectivity index is 1.97. The maximum Gasteiger partial charge on any atom is 0.274 e. The summed E-state index contributed by atoms with van der Waals surface area (Å²) < 4.78 is 13.2. The number of nitrogens with zero attached hydrogens (tertiary/aromatic N) is 1. The predicted molar refractivity (Wildman–Crippen MR) is 67.2 cm³/mol. The molecule has 0 radical (unpaired) electrons. The van der Waals surface area contributed by atoms with Crippen molar-refractivity contribution in [2.75, 3.05) is 18.4 Å². The highest BCUT2D eigenvalue weighted by molar-refractivity contribution is 5.51. The number of benzene rings is 1. The van der Waals surface area contributed by atoms with Gasteiger partial charge in [0.05, 0.1) is 11.0 Å². The van der Waals surface area contributed by atoms with Crippen molar-refractivity contribution >= 4 is 11.4 Å². The largest absolute Gasteiger partial charge is 0.383 e. The van der Waals surface area contributed by atoms with Gasteiger partial charge in [-0.2, -0.15) is 0 Å². The van der Waals surface area contributed by atoms with E-state index in [9.17, 15) is 14.5 Å². The lowest BCUT2D eigenvalue weighted by Gasteiger charge is -2.24. The molecular weight excluding hydrogens is 237 g/mol. The van der Waals surface area contributed by atoms with Crippen molar-refractivity contribution in [3.8, 4) is 0 Å². The van der Waals surface area contributed by atoms with E-state index in [4.69, 9.17) is 0 Å². The summed E-state index contributed by atoms with van der Waals surface area (Å²) in [4.78, 5) is 10.0. The number of nitro groups is 1. The molecule has 1 aliphatic rings. The number of hydrogen-bond donors (Lipinski definition) is 2. The van der Waals surface area contributed by atoms with E-state index in [0.717, 1.165) is 19.0 Å². The molecule has 0 amide bonds. The molecule has 5 nitrogen and oxygen atoms in total. The summed E-state index contributed by atoms with van der Waals surface area (Å²) in [5.41, 5.74) is 0.225. The zero-order valence-corrected chi connectivity index (χ0v) is 9.99. The summed E-state index contributed by atoms with van der Waals surface area (Å²) in [5.74, 6) is -0.594. The van der Waals surface area contributed by atoms with Crippen LogP contribution in [0.2, 0.25) is 0 Å². The lowest BCUT2D eigenvalue weighted by atomic mass is 10.1. The maximum atomic E-state index is 13.2. The van der Waals surface area contributed by atoms with Gasteiger partial charge in [0.25, 0.3) is 5.69 Å². The quantitative estimate of drug-likeness (QED) is 0.638. The van der Waals surface area contributed by atoms with Gasteiger partial charge < -0.3 is 10.6 Å². The molecule has 1 aromatic rings. The van der Waals surface area contributed by atoms with Gasteiger partial charge in [0.15, 0.2) is 0 Å². The zero-order chi connectivity index (χ0) is 13.0. The minimum atomic E-state index is -0.594. The fourth-order valence-electron chi connectivity index (χ4n) is 2.12.